The zero-order valence-electron chi connectivity index (χ0n) is 5.04. The van der Waals surface area contributed by atoms with Crippen molar-refractivity contribution in [1.29, 1.82) is 0 Å². The van der Waals surface area contributed by atoms with Crippen LogP contribution in [-0.4, -0.2) is 14.8 Å². The first-order valence-corrected chi connectivity index (χ1v) is 10.9. The van der Waals surface area contributed by atoms with Gasteiger partial charge in [-0.3, -0.25) is 0 Å². The minimum Gasteiger partial charge on any atom is -0.172 e. The van der Waals surface area contributed by atoms with Crippen LogP contribution in [0, 0.1) is 0 Å². The third kappa shape index (κ3) is 2.80. The molecule has 1 fully saturated rings. The van der Waals surface area contributed by atoms with E-state index in [0.29, 0.717) is 0 Å². The Morgan fingerprint density at radius 3 is 2.33 bits per heavy atom. The van der Waals surface area contributed by atoms with E-state index >= 15 is 0 Å². The van der Waals surface area contributed by atoms with Crippen molar-refractivity contribution >= 4 is 48.0 Å². The summed E-state index contributed by atoms with van der Waals surface area (Å²) in [7, 11) is -0.949. The molecule has 0 nitrogen and oxygen atoms in total. The second kappa shape index (κ2) is 3.14. The number of hydrogen-bond acceptors (Lipinski definition) is 0. The molecule has 0 saturated carbocycles. The molecule has 54 valence electrons. The molecule has 5 heteroatoms. The SMILES string of the molecule is Cl[SiH]1CCC[Si](Cl)(Cl)C1. The number of rotatable bonds is 0. The smallest absolute Gasteiger partial charge is 0.172 e. The maximum atomic E-state index is 6.02. The molecule has 1 aliphatic rings. The molecule has 0 aromatic rings. The molecular weight excluding hydrogens is 211 g/mol. The first kappa shape index (κ1) is 8.40. The molecule has 1 unspecified atom stereocenters. The van der Waals surface area contributed by atoms with Crippen molar-refractivity contribution in [3.63, 3.8) is 0 Å². The Hall–Kier alpha value is 1.30. The summed E-state index contributed by atoms with van der Waals surface area (Å²) >= 11 is 18.0. The van der Waals surface area contributed by atoms with Crippen LogP contribution in [0.1, 0.15) is 6.42 Å². The van der Waals surface area contributed by atoms with Gasteiger partial charge in [0, 0.05) is 0 Å². The Labute approximate surface area is 72.2 Å². The van der Waals surface area contributed by atoms with Crippen molar-refractivity contribution in [2.75, 3.05) is 0 Å². The maximum Gasteiger partial charge on any atom is 0.249 e. The normalized spacial score (nSPS) is 34.3. The van der Waals surface area contributed by atoms with E-state index in [1.54, 1.807) is 0 Å². The zero-order valence-corrected chi connectivity index (χ0v) is 9.46. The van der Waals surface area contributed by atoms with Crippen LogP contribution >= 0.6 is 33.2 Å². The molecule has 0 aliphatic carbocycles. The maximum absolute atomic E-state index is 6.02. The molecule has 1 heterocycles. The molecule has 1 aliphatic heterocycles. The highest BCUT2D eigenvalue weighted by molar-refractivity contribution is 7.48. The highest BCUT2D eigenvalue weighted by Crippen LogP contribution is 2.35. The topological polar surface area (TPSA) is 0 Å². The van der Waals surface area contributed by atoms with Gasteiger partial charge in [0.05, 0.1) is 0 Å². The van der Waals surface area contributed by atoms with Gasteiger partial charge >= 0.3 is 0 Å². The van der Waals surface area contributed by atoms with E-state index in [9.17, 15) is 0 Å². The van der Waals surface area contributed by atoms with Gasteiger partial charge in [-0.25, -0.2) is 0 Å². The van der Waals surface area contributed by atoms with E-state index < -0.39 is 14.8 Å². The van der Waals surface area contributed by atoms with Gasteiger partial charge in [0.1, 0.15) is 8.11 Å². The highest BCUT2D eigenvalue weighted by Gasteiger charge is 2.35. The molecule has 1 rings (SSSR count). The van der Waals surface area contributed by atoms with Crippen LogP contribution < -0.4 is 0 Å². The number of hydrogen-bond donors (Lipinski definition) is 0. The van der Waals surface area contributed by atoms with Crippen molar-refractivity contribution in [2.45, 2.75) is 24.2 Å². The van der Waals surface area contributed by atoms with Gasteiger partial charge in [-0.2, -0.15) is 11.1 Å². The fourth-order valence-electron chi connectivity index (χ4n) is 1.11. The van der Waals surface area contributed by atoms with Gasteiger partial charge in [0.15, 0.2) is 0 Å². The van der Waals surface area contributed by atoms with Crippen molar-refractivity contribution in [3.8, 4) is 0 Å². The van der Waals surface area contributed by atoms with E-state index in [1.165, 1.54) is 12.5 Å². The molecule has 0 aromatic heterocycles. The molecule has 0 amide bonds. The average molecular weight is 220 g/mol. The Kier molecular flexibility index (Phi) is 2.93. The lowest BCUT2D eigenvalue weighted by atomic mass is 10.6. The summed E-state index contributed by atoms with van der Waals surface area (Å²) < 4.78 is 0. The van der Waals surface area contributed by atoms with Crippen LogP contribution in [0.5, 0.6) is 0 Å². The van der Waals surface area contributed by atoms with E-state index in [4.69, 9.17) is 33.2 Å². The van der Waals surface area contributed by atoms with Gasteiger partial charge in [-0.15, -0.1) is 22.2 Å². The molecule has 9 heavy (non-hydrogen) atoms. The lowest BCUT2D eigenvalue weighted by molar-refractivity contribution is 1.03. The molecule has 0 N–H and O–H groups in total. The Bertz CT molecular complexity index is 106. The van der Waals surface area contributed by atoms with Crippen molar-refractivity contribution in [1.82, 2.24) is 0 Å². The summed E-state index contributed by atoms with van der Waals surface area (Å²) in [6, 6.07) is 2.29. The van der Waals surface area contributed by atoms with Crippen LogP contribution in [0.4, 0.5) is 0 Å². The monoisotopic (exact) mass is 218 g/mol. The van der Waals surface area contributed by atoms with Crippen molar-refractivity contribution in [2.24, 2.45) is 0 Å². The first-order chi connectivity index (χ1) is 4.10. The summed E-state index contributed by atoms with van der Waals surface area (Å²) in [5, 5.41) is 0. The molecule has 1 saturated heterocycles. The Morgan fingerprint density at radius 2 is 2.00 bits per heavy atom. The van der Waals surface area contributed by atoms with Crippen LogP contribution in [0.3, 0.4) is 0 Å². The molecule has 1 atom stereocenters. The molecular formula is C4H9Cl3Si2. The van der Waals surface area contributed by atoms with Crippen LogP contribution in [0.15, 0.2) is 0 Å². The third-order valence-electron chi connectivity index (χ3n) is 1.58. The minimum absolute atomic E-state index is 0.949. The molecule has 0 spiro atoms. The van der Waals surface area contributed by atoms with Gasteiger partial charge in [0.25, 0.3) is 0 Å². The highest BCUT2D eigenvalue weighted by atomic mass is 35.7. The lowest BCUT2D eigenvalue weighted by Crippen LogP contribution is -2.30. The van der Waals surface area contributed by atoms with E-state index in [2.05, 4.69) is 0 Å². The van der Waals surface area contributed by atoms with Crippen molar-refractivity contribution in [3.05, 3.63) is 0 Å². The second-order valence-corrected chi connectivity index (χ2v) is 14.9. The van der Waals surface area contributed by atoms with Gasteiger partial charge in [-0.05, 0) is 17.8 Å². The zero-order chi connectivity index (χ0) is 6.91. The summed E-state index contributed by atoms with van der Waals surface area (Å²) in [6.07, 6.45) is 1.18. The molecule has 0 radical (unpaired) electrons. The summed E-state index contributed by atoms with van der Waals surface area (Å²) in [5.41, 5.74) is 1.01. The summed E-state index contributed by atoms with van der Waals surface area (Å²) in [5.74, 6) is 0. The van der Waals surface area contributed by atoms with Crippen molar-refractivity contribution < 1.29 is 0 Å². The quantitative estimate of drug-likeness (QED) is 0.434. The van der Waals surface area contributed by atoms with Crippen LogP contribution in [0.25, 0.3) is 0 Å². The Balaban J connectivity index is 2.41. The largest absolute Gasteiger partial charge is 0.249 e. The third-order valence-corrected chi connectivity index (χ3v) is 13.8. The summed E-state index contributed by atoms with van der Waals surface area (Å²) in [6.45, 7) is -1.78. The first-order valence-electron chi connectivity index (χ1n) is 3.12. The van der Waals surface area contributed by atoms with Gasteiger partial charge in [0.2, 0.25) is 6.69 Å². The standard InChI is InChI=1S/C4H9Cl3Si2/c5-8-2-1-3-9(6,7)4-8/h8H,1-4H2. The predicted octanol–water partition coefficient (Wildman–Crippen LogP) is 2.81. The van der Waals surface area contributed by atoms with E-state index in [-0.39, 0.29) is 0 Å². The molecule has 0 bridgehead atoms. The molecule has 0 aromatic carbocycles. The lowest BCUT2D eigenvalue weighted by Gasteiger charge is -2.23. The average Bonchev–Trinajstić information content (AvgIpc) is 1.60. The fraction of sp³-hybridized carbons (Fsp3) is 1.00. The summed E-state index contributed by atoms with van der Waals surface area (Å²) in [4.78, 5) is 0. The van der Waals surface area contributed by atoms with Gasteiger partial charge in [-0.1, -0.05) is 6.42 Å². The second-order valence-electron chi connectivity index (χ2n) is 2.55. The van der Waals surface area contributed by atoms with Crippen LogP contribution in [0.2, 0.25) is 17.8 Å². The van der Waals surface area contributed by atoms with E-state index in [0.717, 1.165) is 11.7 Å². The van der Waals surface area contributed by atoms with E-state index in [1.807, 2.05) is 0 Å². The van der Waals surface area contributed by atoms with Crippen LogP contribution in [-0.2, 0) is 0 Å². The Morgan fingerprint density at radius 1 is 1.33 bits per heavy atom. The number of halogens is 3. The van der Waals surface area contributed by atoms with Gasteiger partial charge < -0.3 is 0 Å². The minimum atomic E-state index is -1.78. The predicted molar refractivity (Wildman–Crippen MR) is 49.5 cm³/mol. The fourth-order valence-corrected chi connectivity index (χ4v) is 15.5.